The number of amides is 2. The zero-order valence-electron chi connectivity index (χ0n) is 14.1. The van der Waals surface area contributed by atoms with E-state index in [1.54, 1.807) is 6.92 Å². The Morgan fingerprint density at radius 2 is 2.09 bits per heavy atom. The summed E-state index contributed by atoms with van der Waals surface area (Å²) < 4.78 is 0. The minimum atomic E-state index is -0.173. The van der Waals surface area contributed by atoms with Gasteiger partial charge in [0.05, 0.1) is 11.7 Å². The standard InChI is InChI=1S/C15H25N5O2S/c1-5-20(6-2)14(22)11-7-10(8-19(11)4)18-13(21)12-9(3)17-15(16)23-12/h10-11H,5-8H2,1-4H3,(H2,16,17)(H,18,21)/t10-,11+/m1/s1. The fourth-order valence-corrected chi connectivity index (χ4v) is 3.75. The highest BCUT2D eigenvalue weighted by molar-refractivity contribution is 7.17. The average molecular weight is 339 g/mol. The molecule has 2 amide bonds. The number of rotatable bonds is 5. The molecule has 23 heavy (non-hydrogen) atoms. The summed E-state index contributed by atoms with van der Waals surface area (Å²) in [6.07, 6.45) is 0.630. The van der Waals surface area contributed by atoms with Gasteiger partial charge in [-0.05, 0) is 34.2 Å². The highest BCUT2D eigenvalue weighted by atomic mass is 32.1. The number of hydrogen-bond acceptors (Lipinski definition) is 6. The van der Waals surface area contributed by atoms with Crippen molar-refractivity contribution in [1.29, 1.82) is 0 Å². The second-order valence-electron chi connectivity index (χ2n) is 5.84. The summed E-state index contributed by atoms with van der Waals surface area (Å²) in [5, 5.41) is 3.40. The predicted molar refractivity (Wildman–Crippen MR) is 91.5 cm³/mol. The first-order chi connectivity index (χ1) is 10.9. The van der Waals surface area contributed by atoms with E-state index in [9.17, 15) is 9.59 Å². The van der Waals surface area contributed by atoms with Gasteiger partial charge in [-0.15, -0.1) is 0 Å². The van der Waals surface area contributed by atoms with Crippen molar-refractivity contribution in [2.75, 3.05) is 32.4 Å². The van der Waals surface area contributed by atoms with E-state index in [-0.39, 0.29) is 23.9 Å². The minimum Gasteiger partial charge on any atom is -0.375 e. The summed E-state index contributed by atoms with van der Waals surface area (Å²) in [4.78, 5) is 33.3. The lowest BCUT2D eigenvalue weighted by molar-refractivity contribution is -0.135. The maximum atomic E-state index is 12.5. The highest BCUT2D eigenvalue weighted by Gasteiger charge is 2.37. The summed E-state index contributed by atoms with van der Waals surface area (Å²) in [6, 6.07) is -0.215. The Hall–Kier alpha value is -1.67. The lowest BCUT2D eigenvalue weighted by Crippen LogP contribution is -2.44. The van der Waals surface area contributed by atoms with E-state index in [1.165, 1.54) is 11.3 Å². The molecule has 8 heteroatoms. The molecule has 2 heterocycles. The number of aryl methyl sites for hydroxylation is 1. The third-order valence-electron chi connectivity index (χ3n) is 4.26. The maximum Gasteiger partial charge on any atom is 0.263 e. The van der Waals surface area contributed by atoms with Crippen molar-refractivity contribution in [2.45, 2.75) is 39.3 Å². The molecular formula is C15H25N5O2S. The second kappa shape index (κ2) is 7.27. The summed E-state index contributed by atoms with van der Waals surface area (Å²) in [6.45, 7) is 7.80. The van der Waals surface area contributed by atoms with Crippen molar-refractivity contribution in [1.82, 2.24) is 20.1 Å². The van der Waals surface area contributed by atoms with Crippen LogP contribution < -0.4 is 11.1 Å². The third-order valence-corrected chi connectivity index (χ3v) is 5.25. The molecule has 1 fully saturated rings. The number of aromatic nitrogens is 1. The van der Waals surface area contributed by atoms with Gasteiger partial charge in [-0.1, -0.05) is 11.3 Å². The van der Waals surface area contributed by atoms with Crippen LogP contribution in [0.2, 0.25) is 0 Å². The van der Waals surface area contributed by atoms with Crippen LogP contribution in [-0.2, 0) is 4.79 Å². The second-order valence-corrected chi connectivity index (χ2v) is 6.87. The predicted octanol–water partition coefficient (Wildman–Crippen LogP) is 0.705. The van der Waals surface area contributed by atoms with Crippen molar-refractivity contribution >= 4 is 28.3 Å². The number of likely N-dealkylation sites (N-methyl/N-ethyl adjacent to an activating group) is 2. The summed E-state index contributed by atoms with van der Waals surface area (Å²) >= 11 is 1.19. The number of nitrogens with zero attached hydrogens (tertiary/aromatic N) is 3. The monoisotopic (exact) mass is 339 g/mol. The van der Waals surface area contributed by atoms with Crippen LogP contribution in [-0.4, -0.2) is 65.4 Å². The first-order valence-electron chi connectivity index (χ1n) is 7.90. The number of nitrogen functional groups attached to an aromatic ring is 1. The van der Waals surface area contributed by atoms with Crippen LogP contribution in [0, 0.1) is 6.92 Å². The summed E-state index contributed by atoms with van der Waals surface area (Å²) in [7, 11) is 1.92. The van der Waals surface area contributed by atoms with Crippen LogP contribution in [0.1, 0.15) is 35.6 Å². The van der Waals surface area contributed by atoms with Gasteiger partial charge in [0, 0.05) is 25.7 Å². The van der Waals surface area contributed by atoms with E-state index < -0.39 is 0 Å². The van der Waals surface area contributed by atoms with Crippen LogP contribution in [0.25, 0.3) is 0 Å². The van der Waals surface area contributed by atoms with Gasteiger partial charge in [0.25, 0.3) is 5.91 Å². The van der Waals surface area contributed by atoms with Crippen molar-refractivity contribution in [3.63, 3.8) is 0 Å². The van der Waals surface area contributed by atoms with Gasteiger partial charge >= 0.3 is 0 Å². The molecule has 128 valence electrons. The molecule has 0 radical (unpaired) electrons. The van der Waals surface area contributed by atoms with Crippen molar-refractivity contribution in [2.24, 2.45) is 0 Å². The first-order valence-corrected chi connectivity index (χ1v) is 8.71. The van der Waals surface area contributed by atoms with Crippen LogP contribution in [0.4, 0.5) is 5.13 Å². The highest BCUT2D eigenvalue weighted by Crippen LogP contribution is 2.22. The quantitative estimate of drug-likeness (QED) is 0.824. The van der Waals surface area contributed by atoms with E-state index in [4.69, 9.17) is 5.73 Å². The Morgan fingerprint density at radius 1 is 1.43 bits per heavy atom. The van der Waals surface area contributed by atoms with Crippen LogP contribution in [0.3, 0.4) is 0 Å². The molecular weight excluding hydrogens is 314 g/mol. The molecule has 7 nitrogen and oxygen atoms in total. The molecule has 1 saturated heterocycles. The Bertz CT molecular complexity index is 584. The smallest absolute Gasteiger partial charge is 0.263 e. The number of carbonyl (C=O) groups is 2. The first kappa shape index (κ1) is 17.7. The molecule has 0 aliphatic carbocycles. The number of hydrogen-bond donors (Lipinski definition) is 2. The number of carbonyl (C=O) groups excluding carboxylic acids is 2. The molecule has 1 aliphatic heterocycles. The van der Waals surface area contributed by atoms with Crippen molar-refractivity contribution in [3.8, 4) is 0 Å². The van der Waals surface area contributed by atoms with E-state index >= 15 is 0 Å². The SMILES string of the molecule is CCN(CC)C(=O)[C@@H]1C[C@@H](NC(=O)c2sc(N)nc2C)CN1C. The summed E-state index contributed by atoms with van der Waals surface area (Å²) in [5.74, 6) is -0.0292. The molecule has 0 saturated carbocycles. The normalized spacial score (nSPS) is 21.4. The van der Waals surface area contributed by atoms with Crippen LogP contribution >= 0.6 is 11.3 Å². The lowest BCUT2D eigenvalue weighted by atomic mass is 10.1. The number of anilines is 1. The van der Waals surface area contributed by atoms with Gasteiger partial charge < -0.3 is 16.0 Å². The van der Waals surface area contributed by atoms with Crippen LogP contribution in [0.5, 0.6) is 0 Å². The molecule has 1 aliphatic rings. The van der Waals surface area contributed by atoms with E-state index in [2.05, 4.69) is 10.3 Å². The minimum absolute atomic E-state index is 0.0419. The molecule has 1 aromatic rings. The van der Waals surface area contributed by atoms with Crippen LogP contribution in [0.15, 0.2) is 0 Å². The fourth-order valence-electron chi connectivity index (χ4n) is 3.02. The Balaban J connectivity index is 2.00. The molecule has 0 aromatic carbocycles. The molecule has 2 rings (SSSR count). The molecule has 2 atom stereocenters. The Labute approximate surface area is 140 Å². The van der Waals surface area contributed by atoms with E-state index in [1.807, 2.05) is 30.7 Å². The van der Waals surface area contributed by atoms with Gasteiger partial charge in [-0.2, -0.15) is 0 Å². The van der Waals surface area contributed by atoms with Gasteiger partial charge in [-0.3, -0.25) is 14.5 Å². The van der Waals surface area contributed by atoms with Gasteiger partial charge in [0.1, 0.15) is 4.88 Å². The molecule has 3 N–H and O–H groups in total. The number of thiazole rings is 1. The van der Waals surface area contributed by atoms with Crippen molar-refractivity contribution < 1.29 is 9.59 Å². The maximum absolute atomic E-state index is 12.5. The van der Waals surface area contributed by atoms with E-state index in [0.717, 1.165) is 0 Å². The number of nitrogens with two attached hydrogens (primary N) is 1. The van der Waals surface area contributed by atoms with Crippen molar-refractivity contribution in [3.05, 3.63) is 10.6 Å². The molecule has 0 unspecified atom stereocenters. The number of nitrogens with one attached hydrogen (secondary N) is 1. The Kier molecular flexibility index (Phi) is 5.59. The topological polar surface area (TPSA) is 91.6 Å². The Morgan fingerprint density at radius 3 is 2.61 bits per heavy atom. The van der Waals surface area contributed by atoms with Gasteiger partial charge in [-0.25, -0.2) is 4.98 Å². The summed E-state index contributed by atoms with van der Waals surface area (Å²) in [5.41, 5.74) is 6.29. The molecule has 0 bridgehead atoms. The third kappa shape index (κ3) is 3.81. The average Bonchev–Trinajstić information content (AvgIpc) is 3.02. The lowest BCUT2D eigenvalue weighted by Gasteiger charge is -2.26. The van der Waals surface area contributed by atoms with E-state index in [0.29, 0.717) is 41.8 Å². The fraction of sp³-hybridized carbons (Fsp3) is 0.667. The molecule has 0 spiro atoms. The largest absolute Gasteiger partial charge is 0.375 e. The van der Waals surface area contributed by atoms with Gasteiger partial charge in [0.15, 0.2) is 5.13 Å². The molecule has 1 aromatic heterocycles. The zero-order valence-corrected chi connectivity index (χ0v) is 14.9. The number of likely N-dealkylation sites (tertiary alicyclic amines) is 1. The zero-order chi connectivity index (χ0) is 17.1. The van der Waals surface area contributed by atoms with Gasteiger partial charge in [0.2, 0.25) is 5.91 Å².